The van der Waals surface area contributed by atoms with Crippen LogP contribution < -0.4 is 0 Å². The van der Waals surface area contributed by atoms with Crippen molar-refractivity contribution >= 4 is 23.2 Å². The second-order valence-electron chi connectivity index (χ2n) is 3.83. The van der Waals surface area contributed by atoms with Gasteiger partial charge in [-0.2, -0.15) is 0 Å². The van der Waals surface area contributed by atoms with Crippen LogP contribution in [0.5, 0.6) is 0 Å². The summed E-state index contributed by atoms with van der Waals surface area (Å²) in [6.07, 6.45) is 0.905. The summed E-state index contributed by atoms with van der Waals surface area (Å²) in [6.45, 7) is 2.76. The van der Waals surface area contributed by atoms with E-state index in [0.717, 1.165) is 13.0 Å². The van der Waals surface area contributed by atoms with Crippen molar-refractivity contribution in [2.24, 2.45) is 0 Å². The molecular formula is C12H12Cl2FN3. The summed E-state index contributed by atoms with van der Waals surface area (Å²) in [4.78, 5) is 0. The van der Waals surface area contributed by atoms with E-state index in [-0.39, 0.29) is 10.9 Å². The Morgan fingerprint density at radius 1 is 1.33 bits per heavy atom. The van der Waals surface area contributed by atoms with E-state index >= 15 is 0 Å². The van der Waals surface area contributed by atoms with Crippen LogP contribution in [0.25, 0.3) is 11.4 Å². The molecule has 0 radical (unpaired) electrons. The van der Waals surface area contributed by atoms with Crippen LogP contribution in [0.4, 0.5) is 4.39 Å². The fraction of sp³-hybridized carbons (Fsp3) is 0.333. The second-order valence-corrected chi connectivity index (χ2v) is 4.47. The smallest absolute Gasteiger partial charge is 0.165 e. The lowest BCUT2D eigenvalue weighted by atomic mass is 10.2. The molecule has 6 heteroatoms. The Morgan fingerprint density at radius 2 is 2.11 bits per heavy atom. The summed E-state index contributed by atoms with van der Waals surface area (Å²) in [5.41, 5.74) is 0.536. The maximum absolute atomic E-state index is 13.5. The number of benzene rings is 1. The molecule has 1 aromatic heterocycles. The number of hydrogen-bond donors (Lipinski definition) is 0. The predicted octanol–water partition coefficient (Wildman–Crippen LogP) is 3.89. The van der Waals surface area contributed by atoms with Gasteiger partial charge in [0.25, 0.3) is 0 Å². The van der Waals surface area contributed by atoms with E-state index in [1.807, 2.05) is 11.5 Å². The quantitative estimate of drug-likeness (QED) is 0.799. The highest BCUT2D eigenvalue weighted by Gasteiger charge is 2.16. The first kappa shape index (κ1) is 13.3. The molecule has 2 aromatic rings. The topological polar surface area (TPSA) is 30.7 Å². The van der Waals surface area contributed by atoms with Crippen LogP contribution in [0.2, 0.25) is 5.02 Å². The molecule has 0 fully saturated rings. The monoisotopic (exact) mass is 287 g/mol. The molecule has 1 aromatic carbocycles. The molecule has 18 heavy (non-hydrogen) atoms. The predicted molar refractivity (Wildman–Crippen MR) is 70.3 cm³/mol. The van der Waals surface area contributed by atoms with E-state index in [9.17, 15) is 4.39 Å². The van der Waals surface area contributed by atoms with Gasteiger partial charge in [-0.25, -0.2) is 4.39 Å². The van der Waals surface area contributed by atoms with Gasteiger partial charge in [0.1, 0.15) is 11.6 Å². The molecule has 0 bridgehead atoms. The minimum atomic E-state index is -0.465. The molecule has 0 N–H and O–H groups in total. The molecule has 0 aliphatic rings. The van der Waals surface area contributed by atoms with Crippen molar-refractivity contribution in [2.45, 2.75) is 25.8 Å². The Hall–Kier alpha value is -1.13. The molecule has 0 unspecified atom stereocenters. The Bertz CT molecular complexity index is 554. The number of nitrogens with zero attached hydrogens (tertiary/aromatic N) is 3. The maximum Gasteiger partial charge on any atom is 0.165 e. The zero-order chi connectivity index (χ0) is 13.1. The Balaban J connectivity index is 2.56. The Morgan fingerprint density at radius 3 is 2.78 bits per heavy atom. The van der Waals surface area contributed by atoms with Crippen molar-refractivity contribution in [3.05, 3.63) is 34.9 Å². The van der Waals surface area contributed by atoms with Gasteiger partial charge in [0, 0.05) is 12.1 Å². The van der Waals surface area contributed by atoms with E-state index in [1.165, 1.54) is 6.07 Å². The molecule has 0 atom stereocenters. The van der Waals surface area contributed by atoms with E-state index in [2.05, 4.69) is 10.2 Å². The van der Waals surface area contributed by atoms with Gasteiger partial charge in [-0.1, -0.05) is 24.6 Å². The SMILES string of the molecule is CCCn1c(CCl)nnc1-c1cccc(F)c1Cl. The number of alkyl halides is 1. The fourth-order valence-electron chi connectivity index (χ4n) is 1.77. The summed E-state index contributed by atoms with van der Waals surface area (Å²) < 4.78 is 15.3. The van der Waals surface area contributed by atoms with Crippen LogP contribution in [0.15, 0.2) is 18.2 Å². The van der Waals surface area contributed by atoms with Crippen LogP contribution >= 0.6 is 23.2 Å². The van der Waals surface area contributed by atoms with Gasteiger partial charge in [-0.3, -0.25) is 0 Å². The molecular weight excluding hydrogens is 276 g/mol. The normalized spacial score (nSPS) is 10.9. The second kappa shape index (κ2) is 5.67. The number of aromatic nitrogens is 3. The summed E-state index contributed by atoms with van der Waals surface area (Å²) in [5.74, 6) is 1.01. The molecule has 2 rings (SSSR count). The molecule has 0 spiro atoms. The van der Waals surface area contributed by atoms with Crippen molar-refractivity contribution in [1.29, 1.82) is 0 Å². The first-order valence-electron chi connectivity index (χ1n) is 5.61. The third kappa shape index (κ3) is 2.35. The van der Waals surface area contributed by atoms with Gasteiger partial charge >= 0.3 is 0 Å². The van der Waals surface area contributed by atoms with Crippen LogP contribution in [0.1, 0.15) is 19.2 Å². The van der Waals surface area contributed by atoms with Crippen molar-refractivity contribution in [3.63, 3.8) is 0 Å². The molecule has 0 saturated carbocycles. The minimum absolute atomic E-state index is 0.0587. The highest BCUT2D eigenvalue weighted by atomic mass is 35.5. The summed E-state index contributed by atoms with van der Waals surface area (Å²) in [6, 6.07) is 4.64. The summed E-state index contributed by atoms with van der Waals surface area (Å²) in [7, 11) is 0. The average Bonchev–Trinajstić information content (AvgIpc) is 2.76. The number of hydrogen-bond acceptors (Lipinski definition) is 2. The minimum Gasteiger partial charge on any atom is -0.310 e. The van der Waals surface area contributed by atoms with Gasteiger partial charge in [-0.05, 0) is 18.6 Å². The van der Waals surface area contributed by atoms with Crippen LogP contribution in [0.3, 0.4) is 0 Å². The van der Waals surface area contributed by atoms with Gasteiger partial charge in [-0.15, -0.1) is 21.8 Å². The number of halogens is 3. The van der Waals surface area contributed by atoms with E-state index in [0.29, 0.717) is 17.2 Å². The van der Waals surface area contributed by atoms with Crippen LogP contribution in [-0.2, 0) is 12.4 Å². The molecule has 0 saturated heterocycles. The molecule has 0 aliphatic carbocycles. The Labute approximate surface area is 115 Å². The lowest BCUT2D eigenvalue weighted by Crippen LogP contribution is -2.04. The average molecular weight is 288 g/mol. The molecule has 0 aliphatic heterocycles. The van der Waals surface area contributed by atoms with Crippen molar-refractivity contribution in [2.75, 3.05) is 0 Å². The van der Waals surface area contributed by atoms with Crippen molar-refractivity contribution in [1.82, 2.24) is 14.8 Å². The zero-order valence-electron chi connectivity index (χ0n) is 9.83. The highest BCUT2D eigenvalue weighted by Crippen LogP contribution is 2.29. The standard InChI is InChI=1S/C12H12Cl2FN3/c1-2-6-18-10(7-13)16-17-12(18)8-4-3-5-9(15)11(8)14/h3-5H,2,6-7H2,1H3. The third-order valence-corrected chi connectivity index (χ3v) is 3.21. The van der Waals surface area contributed by atoms with Gasteiger partial charge < -0.3 is 4.57 Å². The lowest BCUT2D eigenvalue weighted by molar-refractivity contribution is 0.627. The first-order valence-corrected chi connectivity index (χ1v) is 6.52. The molecule has 3 nitrogen and oxygen atoms in total. The van der Waals surface area contributed by atoms with Gasteiger partial charge in [0.2, 0.25) is 0 Å². The van der Waals surface area contributed by atoms with E-state index < -0.39 is 5.82 Å². The largest absolute Gasteiger partial charge is 0.310 e. The van der Waals surface area contributed by atoms with Crippen molar-refractivity contribution < 1.29 is 4.39 Å². The first-order chi connectivity index (χ1) is 8.69. The summed E-state index contributed by atoms with van der Waals surface area (Å²) in [5, 5.41) is 8.11. The van der Waals surface area contributed by atoms with Crippen molar-refractivity contribution in [3.8, 4) is 11.4 Å². The van der Waals surface area contributed by atoms with E-state index in [1.54, 1.807) is 12.1 Å². The fourth-order valence-corrected chi connectivity index (χ4v) is 2.18. The number of rotatable bonds is 4. The molecule has 96 valence electrons. The van der Waals surface area contributed by atoms with Crippen LogP contribution in [0, 0.1) is 5.82 Å². The lowest BCUT2D eigenvalue weighted by Gasteiger charge is -2.09. The molecule has 1 heterocycles. The Kier molecular flexibility index (Phi) is 4.19. The summed E-state index contributed by atoms with van der Waals surface area (Å²) >= 11 is 11.8. The van der Waals surface area contributed by atoms with Crippen LogP contribution in [-0.4, -0.2) is 14.8 Å². The van der Waals surface area contributed by atoms with E-state index in [4.69, 9.17) is 23.2 Å². The zero-order valence-corrected chi connectivity index (χ0v) is 11.3. The molecule has 0 amide bonds. The maximum atomic E-state index is 13.5. The highest BCUT2D eigenvalue weighted by molar-refractivity contribution is 6.33. The van der Waals surface area contributed by atoms with Gasteiger partial charge in [0.15, 0.2) is 5.82 Å². The third-order valence-electron chi connectivity index (χ3n) is 2.59. The van der Waals surface area contributed by atoms with Gasteiger partial charge in [0.05, 0.1) is 10.9 Å².